The summed E-state index contributed by atoms with van der Waals surface area (Å²) in [5.74, 6) is 0. The van der Waals surface area contributed by atoms with E-state index in [1.165, 1.54) is 10.4 Å². The zero-order valence-corrected chi connectivity index (χ0v) is 14.6. The lowest BCUT2D eigenvalue weighted by Gasteiger charge is -2.24. The third kappa shape index (κ3) is 4.56. The van der Waals surface area contributed by atoms with E-state index < -0.39 is 0 Å². The molecule has 2 unspecified atom stereocenters. The van der Waals surface area contributed by atoms with Gasteiger partial charge in [-0.2, -0.15) is 0 Å². The molecule has 0 bridgehead atoms. The number of thiophene rings is 1. The molecular formula is C18H23N3O2S. The van der Waals surface area contributed by atoms with Gasteiger partial charge in [-0.15, -0.1) is 11.3 Å². The number of hydrogen-bond acceptors (Lipinski definition) is 4. The van der Waals surface area contributed by atoms with Crippen LogP contribution in [0.25, 0.3) is 0 Å². The van der Waals surface area contributed by atoms with Gasteiger partial charge in [-0.25, -0.2) is 4.79 Å². The number of nitrogens with zero attached hydrogens (tertiary/aromatic N) is 1. The summed E-state index contributed by atoms with van der Waals surface area (Å²) in [5, 5.41) is 16.6. The molecule has 1 saturated heterocycles. The van der Waals surface area contributed by atoms with Crippen LogP contribution in [-0.4, -0.2) is 41.3 Å². The fraction of sp³-hybridized carbons (Fsp3) is 0.389. The normalized spacial score (nSPS) is 20.9. The molecule has 1 aliphatic rings. The second-order valence-corrected chi connectivity index (χ2v) is 7.49. The molecule has 128 valence electrons. The van der Waals surface area contributed by atoms with Gasteiger partial charge in [0.1, 0.15) is 0 Å². The number of urea groups is 1. The Morgan fingerprint density at radius 2 is 2.08 bits per heavy atom. The van der Waals surface area contributed by atoms with Crippen molar-refractivity contribution in [2.24, 2.45) is 0 Å². The molecule has 0 aliphatic carbocycles. The average Bonchev–Trinajstić information content (AvgIpc) is 3.12. The molecule has 1 aliphatic heterocycles. The van der Waals surface area contributed by atoms with E-state index in [9.17, 15) is 9.90 Å². The highest BCUT2D eigenvalue weighted by Gasteiger charge is 2.30. The number of aryl methyl sites for hydroxylation is 1. The number of amides is 2. The molecular weight excluding hydrogens is 322 g/mol. The zero-order valence-electron chi connectivity index (χ0n) is 13.7. The molecule has 3 rings (SSSR count). The summed E-state index contributed by atoms with van der Waals surface area (Å²) in [6, 6.07) is 14.0. The van der Waals surface area contributed by atoms with Crippen LogP contribution < -0.4 is 10.6 Å². The predicted octanol–water partition coefficient (Wildman–Crippen LogP) is 2.81. The molecule has 2 aromatic rings. The van der Waals surface area contributed by atoms with Crippen LogP contribution >= 0.6 is 11.3 Å². The van der Waals surface area contributed by atoms with Crippen molar-refractivity contribution in [3.05, 3.63) is 52.9 Å². The standard InChI is InChI=1S/C18H23N3O2S/c1-13-7-8-17(24-13)20-18(23)19-10-15-9-16(22)12-21(15)11-14-5-3-2-4-6-14/h2-8,15-16,22H,9-12H2,1H3,(H2,19,20,23). The van der Waals surface area contributed by atoms with Crippen molar-refractivity contribution in [3.63, 3.8) is 0 Å². The monoisotopic (exact) mass is 345 g/mol. The number of β-amino-alcohol motifs (C(OH)–C–C–N with tert-alkyl or cyclic N) is 1. The molecule has 0 saturated carbocycles. The number of rotatable bonds is 5. The van der Waals surface area contributed by atoms with E-state index in [1.54, 1.807) is 11.3 Å². The number of aliphatic hydroxyl groups excluding tert-OH is 1. The van der Waals surface area contributed by atoms with E-state index in [2.05, 4.69) is 27.7 Å². The number of hydrogen-bond donors (Lipinski definition) is 3. The Morgan fingerprint density at radius 1 is 1.29 bits per heavy atom. The SMILES string of the molecule is Cc1ccc(NC(=O)NCC2CC(O)CN2Cc2ccccc2)s1. The summed E-state index contributed by atoms with van der Waals surface area (Å²) >= 11 is 1.55. The van der Waals surface area contributed by atoms with Gasteiger partial charge in [0.15, 0.2) is 0 Å². The van der Waals surface area contributed by atoms with E-state index in [1.807, 2.05) is 37.3 Å². The topological polar surface area (TPSA) is 64.6 Å². The summed E-state index contributed by atoms with van der Waals surface area (Å²) in [6.07, 6.45) is 0.356. The first-order valence-corrected chi connectivity index (χ1v) is 8.99. The molecule has 2 heterocycles. The molecule has 2 atom stereocenters. The summed E-state index contributed by atoms with van der Waals surface area (Å²) in [7, 11) is 0. The fourth-order valence-corrected chi connectivity index (χ4v) is 3.81. The van der Waals surface area contributed by atoms with Crippen LogP contribution in [0.1, 0.15) is 16.9 Å². The maximum absolute atomic E-state index is 12.0. The summed E-state index contributed by atoms with van der Waals surface area (Å²) in [4.78, 5) is 15.4. The number of carbonyl (C=O) groups excluding carboxylic acids is 1. The van der Waals surface area contributed by atoms with Gasteiger partial charge in [0.05, 0.1) is 11.1 Å². The molecule has 24 heavy (non-hydrogen) atoms. The fourth-order valence-electron chi connectivity index (χ4n) is 3.05. The van der Waals surface area contributed by atoms with Gasteiger partial charge < -0.3 is 10.4 Å². The minimum atomic E-state index is -0.330. The van der Waals surface area contributed by atoms with Crippen molar-refractivity contribution in [2.75, 3.05) is 18.4 Å². The van der Waals surface area contributed by atoms with Crippen LogP contribution in [0.3, 0.4) is 0 Å². The van der Waals surface area contributed by atoms with Gasteiger partial charge in [-0.3, -0.25) is 10.2 Å². The van der Waals surface area contributed by atoms with Crippen molar-refractivity contribution in [2.45, 2.75) is 32.0 Å². The van der Waals surface area contributed by atoms with Crippen LogP contribution in [0.15, 0.2) is 42.5 Å². The average molecular weight is 345 g/mol. The smallest absolute Gasteiger partial charge is 0.319 e. The number of carbonyl (C=O) groups is 1. The van der Waals surface area contributed by atoms with E-state index in [-0.39, 0.29) is 18.2 Å². The van der Waals surface area contributed by atoms with Crippen molar-refractivity contribution in [3.8, 4) is 0 Å². The molecule has 1 fully saturated rings. The van der Waals surface area contributed by atoms with Gasteiger partial charge in [-0.1, -0.05) is 30.3 Å². The minimum absolute atomic E-state index is 0.149. The number of benzene rings is 1. The van der Waals surface area contributed by atoms with Crippen LogP contribution in [-0.2, 0) is 6.54 Å². The Labute approximate surface area is 146 Å². The quantitative estimate of drug-likeness (QED) is 0.781. The second kappa shape index (κ2) is 7.79. The lowest BCUT2D eigenvalue weighted by atomic mass is 10.1. The first-order valence-electron chi connectivity index (χ1n) is 8.17. The maximum Gasteiger partial charge on any atom is 0.319 e. The minimum Gasteiger partial charge on any atom is -0.392 e. The highest BCUT2D eigenvalue weighted by molar-refractivity contribution is 7.16. The van der Waals surface area contributed by atoms with Gasteiger partial charge in [0.25, 0.3) is 0 Å². The predicted molar refractivity (Wildman–Crippen MR) is 97.3 cm³/mol. The molecule has 0 radical (unpaired) electrons. The van der Waals surface area contributed by atoms with Gasteiger partial charge in [-0.05, 0) is 31.0 Å². The zero-order chi connectivity index (χ0) is 16.9. The van der Waals surface area contributed by atoms with Gasteiger partial charge in [0.2, 0.25) is 0 Å². The summed E-state index contributed by atoms with van der Waals surface area (Å²) < 4.78 is 0. The molecule has 6 heteroatoms. The van der Waals surface area contributed by atoms with E-state index in [4.69, 9.17) is 0 Å². The maximum atomic E-state index is 12.0. The molecule has 1 aromatic carbocycles. The first kappa shape index (κ1) is 17.0. The Hall–Kier alpha value is -1.89. The van der Waals surface area contributed by atoms with E-state index in [0.29, 0.717) is 19.5 Å². The third-order valence-electron chi connectivity index (χ3n) is 4.21. The molecule has 1 aromatic heterocycles. The molecule has 3 N–H and O–H groups in total. The van der Waals surface area contributed by atoms with Crippen LogP contribution in [0, 0.1) is 6.92 Å². The summed E-state index contributed by atoms with van der Waals surface area (Å²) in [5.41, 5.74) is 1.22. The first-order chi connectivity index (χ1) is 11.6. The number of likely N-dealkylation sites (tertiary alicyclic amines) is 1. The molecule has 2 amide bonds. The largest absolute Gasteiger partial charge is 0.392 e. The Balaban J connectivity index is 1.51. The van der Waals surface area contributed by atoms with Crippen molar-refractivity contribution in [1.82, 2.24) is 10.2 Å². The van der Waals surface area contributed by atoms with Crippen molar-refractivity contribution >= 4 is 22.4 Å². The van der Waals surface area contributed by atoms with Crippen LogP contribution in [0.4, 0.5) is 9.80 Å². The van der Waals surface area contributed by atoms with Crippen molar-refractivity contribution in [1.29, 1.82) is 0 Å². The highest BCUT2D eigenvalue weighted by atomic mass is 32.1. The van der Waals surface area contributed by atoms with Crippen LogP contribution in [0.2, 0.25) is 0 Å². The third-order valence-corrected chi connectivity index (χ3v) is 5.13. The second-order valence-electron chi connectivity index (χ2n) is 6.20. The van der Waals surface area contributed by atoms with Gasteiger partial charge in [0, 0.05) is 30.6 Å². The van der Waals surface area contributed by atoms with Crippen molar-refractivity contribution < 1.29 is 9.90 Å². The molecule has 0 spiro atoms. The Morgan fingerprint density at radius 3 is 2.79 bits per heavy atom. The number of anilines is 1. The number of aliphatic hydroxyl groups is 1. The number of nitrogens with one attached hydrogen (secondary N) is 2. The lowest BCUT2D eigenvalue weighted by molar-refractivity contribution is 0.172. The van der Waals surface area contributed by atoms with Crippen LogP contribution in [0.5, 0.6) is 0 Å². The lowest BCUT2D eigenvalue weighted by Crippen LogP contribution is -2.41. The Kier molecular flexibility index (Phi) is 5.50. The van der Waals surface area contributed by atoms with Gasteiger partial charge >= 0.3 is 6.03 Å². The molecule has 5 nitrogen and oxygen atoms in total. The van der Waals surface area contributed by atoms with E-state index in [0.717, 1.165) is 11.5 Å². The van der Waals surface area contributed by atoms with E-state index >= 15 is 0 Å². The highest BCUT2D eigenvalue weighted by Crippen LogP contribution is 2.21. The summed E-state index contributed by atoms with van der Waals surface area (Å²) in [6.45, 7) is 3.97. The Bertz CT molecular complexity index is 674.